The van der Waals surface area contributed by atoms with Crippen molar-refractivity contribution in [3.8, 4) is 5.75 Å². The van der Waals surface area contributed by atoms with Crippen LogP contribution in [0.5, 0.6) is 5.75 Å². The van der Waals surface area contributed by atoms with Crippen molar-refractivity contribution in [2.45, 2.75) is 30.4 Å². The molecule has 1 aliphatic rings. The third kappa shape index (κ3) is 6.48. The van der Waals surface area contributed by atoms with E-state index in [-0.39, 0.29) is 23.3 Å². The standard InChI is InChI=1S/C23H30N2O4S2/c1-18-5-7-19(8-6-18)17-30-15-13-24-23(26)20-4-3-14-25(16-20)31(27,28)22-11-9-21(29-2)10-12-22/h5-12,20H,3-4,13-17H2,1-2H3,(H,24,26)/t20-/m0/s1. The maximum atomic E-state index is 13.0. The third-order valence-corrected chi connectivity index (χ3v) is 8.30. The zero-order valence-electron chi connectivity index (χ0n) is 18.0. The number of piperidine rings is 1. The number of nitrogens with zero attached hydrogens (tertiary/aromatic N) is 1. The maximum Gasteiger partial charge on any atom is 0.243 e. The van der Waals surface area contributed by atoms with E-state index in [0.29, 0.717) is 31.7 Å². The van der Waals surface area contributed by atoms with Crippen molar-refractivity contribution in [2.24, 2.45) is 5.92 Å². The summed E-state index contributed by atoms with van der Waals surface area (Å²) >= 11 is 1.77. The van der Waals surface area contributed by atoms with E-state index < -0.39 is 10.0 Å². The van der Waals surface area contributed by atoms with Gasteiger partial charge in [-0.1, -0.05) is 29.8 Å². The number of nitrogens with one attached hydrogen (secondary N) is 1. The lowest BCUT2D eigenvalue weighted by atomic mass is 9.99. The molecule has 1 amide bonds. The van der Waals surface area contributed by atoms with Crippen molar-refractivity contribution in [1.82, 2.24) is 9.62 Å². The second kappa shape index (κ2) is 11.0. The number of hydrogen-bond donors (Lipinski definition) is 1. The quantitative estimate of drug-likeness (QED) is 0.578. The number of rotatable bonds is 9. The van der Waals surface area contributed by atoms with Gasteiger partial charge in [-0.2, -0.15) is 16.1 Å². The van der Waals surface area contributed by atoms with Gasteiger partial charge in [-0.25, -0.2) is 8.42 Å². The number of carbonyl (C=O) groups is 1. The van der Waals surface area contributed by atoms with Gasteiger partial charge in [0.05, 0.1) is 17.9 Å². The number of amides is 1. The molecule has 1 aliphatic heterocycles. The molecule has 2 aromatic rings. The molecule has 0 aliphatic carbocycles. The number of benzene rings is 2. The van der Waals surface area contributed by atoms with Crippen LogP contribution in [0.1, 0.15) is 24.0 Å². The van der Waals surface area contributed by atoms with E-state index in [4.69, 9.17) is 4.74 Å². The molecular weight excluding hydrogens is 432 g/mol. The number of methoxy groups -OCH3 is 1. The number of aryl methyl sites for hydroxylation is 1. The molecule has 0 spiro atoms. The summed E-state index contributed by atoms with van der Waals surface area (Å²) in [7, 11) is -2.08. The van der Waals surface area contributed by atoms with E-state index in [2.05, 4.69) is 36.5 Å². The summed E-state index contributed by atoms with van der Waals surface area (Å²) in [4.78, 5) is 12.8. The Hall–Kier alpha value is -2.03. The van der Waals surface area contributed by atoms with Crippen LogP contribution in [0.3, 0.4) is 0 Å². The fraction of sp³-hybridized carbons (Fsp3) is 0.435. The SMILES string of the molecule is COc1ccc(S(=O)(=O)N2CCC[C@H](C(=O)NCCSCc3ccc(C)cc3)C2)cc1. The Morgan fingerprint density at radius 1 is 1.16 bits per heavy atom. The van der Waals surface area contributed by atoms with Gasteiger partial charge in [-0.3, -0.25) is 4.79 Å². The first kappa shape index (κ1) is 23.6. The minimum atomic E-state index is -3.62. The van der Waals surface area contributed by atoms with Crippen LogP contribution in [0, 0.1) is 12.8 Å². The molecule has 6 nitrogen and oxygen atoms in total. The van der Waals surface area contributed by atoms with Gasteiger partial charge < -0.3 is 10.1 Å². The molecule has 1 heterocycles. The largest absolute Gasteiger partial charge is 0.497 e. The van der Waals surface area contributed by atoms with Gasteiger partial charge >= 0.3 is 0 Å². The Balaban J connectivity index is 1.46. The highest BCUT2D eigenvalue weighted by molar-refractivity contribution is 7.98. The van der Waals surface area contributed by atoms with Crippen molar-refractivity contribution in [3.05, 3.63) is 59.7 Å². The number of ether oxygens (including phenoxy) is 1. The van der Waals surface area contributed by atoms with Crippen LogP contribution in [0.4, 0.5) is 0 Å². The van der Waals surface area contributed by atoms with Crippen LogP contribution in [-0.2, 0) is 20.6 Å². The Morgan fingerprint density at radius 3 is 2.55 bits per heavy atom. The van der Waals surface area contributed by atoms with Gasteiger partial charge in [-0.05, 0) is 49.6 Å². The van der Waals surface area contributed by atoms with Crippen molar-refractivity contribution in [1.29, 1.82) is 0 Å². The zero-order chi connectivity index (χ0) is 22.3. The van der Waals surface area contributed by atoms with Gasteiger partial charge in [0.25, 0.3) is 0 Å². The summed E-state index contributed by atoms with van der Waals surface area (Å²) in [6.45, 7) is 3.30. The molecular formula is C23H30N2O4S2. The second-order valence-electron chi connectivity index (χ2n) is 7.71. The molecule has 31 heavy (non-hydrogen) atoms. The number of hydrogen-bond acceptors (Lipinski definition) is 5. The average Bonchev–Trinajstić information content (AvgIpc) is 2.80. The van der Waals surface area contributed by atoms with Gasteiger partial charge in [0, 0.05) is 31.1 Å². The summed E-state index contributed by atoms with van der Waals surface area (Å²) < 4.78 is 32.4. The van der Waals surface area contributed by atoms with Crippen molar-refractivity contribution >= 4 is 27.7 Å². The van der Waals surface area contributed by atoms with E-state index in [0.717, 1.165) is 11.5 Å². The Kier molecular flexibility index (Phi) is 8.40. The second-order valence-corrected chi connectivity index (χ2v) is 10.8. The summed E-state index contributed by atoms with van der Waals surface area (Å²) in [5.74, 6) is 1.96. The van der Waals surface area contributed by atoms with Crippen LogP contribution in [0.15, 0.2) is 53.4 Å². The molecule has 2 aromatic carbocycles. The first-order chi connectivity index (χ1) is 14.9. The van der Waals surface area contributed by atoms with E-state index >= 15 is 0 Å². The van der Waals surface area contributed by atoms with Gasteiger partial charge in [0.15, 0.2) is 0 Å². The summed E-state index contributed by atoms with van der Waals surface area (Å²) in [5, 5.41) is 2.98. The highest BCUT2D eigenvalue weighted by atomic mass is 32.2. The van der Waals surface area contributed by atoms with Gasteiger partial charge in [0.1, 0.15) is 5.75 Å². The molecule has 1 fully saturated rings. The minimum absolute atomic E-state index is 0.0643. The third-order valence-electron chi connectivity index (χ3n) is 5.39. The summed E-state index contributed by atoms with van der Waals surface area (Å²) in [5.41, 5.74) is 2.52. The molecule has 1 saturated heterocycles. The highest BCUT2D eigenvalue weighted by Crippen LogP contribution is 2.25. The number of thioether (sulfide) groups is 1. The Bertz CT molecular complexity index is 960. The van der Waals surface area contributed by atoms with Crippen molar-refractivity contribution in [3.63, 3.8) is 0 Å². The lowest BCUT2D eigenvalue weighted by Crippen LogP contribution is -2.45. The van der Waals surface area contributed by atoms with Crippen LogP contribution in [0.2, 0.25) is 0 Å². The van der Waals surface area contributed by atoms with Crippen molar-refractivity contribution in [2.75, 3.05) is 32.5 Å². The van der Waals surface area contributed by atoms with E-state index in [1.165, 1.54) is 15.4 Å². The predicted octanol–water partition coefficient (Wildman–Crippen LogP) is 3.45. The number of sulfonamides is 1. The fourth-order valence-electron chi connectivity index (χ4n) is 3.54. The topological polar surface area (TPSA) is 75.7 Å². The molecule has 3 rings (SSSR count). The highest BCUT2D eigenvalue weighted by Gasteiger charge is 2.33. The van der Waals surface area contributed by atoms with Gasteiger partial charge in [-0.15, -0.1) is 0 Å². The normalized spacial score (nSPS) is 17.3. The maximum absolute atomic E-state index is 13.0. The van der Waals surface area contributed by atoms with Crippen LogP contribution in [0.25, 0.3) is 0 Å². The average molecular weight is 463 g/mol. The molecule has 0 unspecified atom stereocenters. The monoisotopic (exact) mass is 462 g/mol. The van der Waals surface area contributed by atoms with E-state index in [1.807, 2.05) is 0 Å². The first-order valence-corrected chi connectivity index (χ1v) is 13.0. The van der Waals surface area contributed by atoms with Crippen LogP contribution in [-0.4, -0.2) is 51.1 Å². The minimum Gasteiger partial charge on any atom is -0.497 e. The smallest absolute Gasteiger partial charge is 0.243 e. The van der Waals surface area contributed by atoms with Gasteiger partial charge in [0.2, 0.25) is 15.9 Å². The molecule has 1 N–H and O–H groups in total. The number of carbonyl (C=O) groups excluding carboxylic acids is 1. The molecule has 0 saturated carbocycles. The van der Waals surface area contributed by atoms with Crippen molar-refractivity contribution < 1.29 is 17.9 Å². The molecule has 0 aromatic heterocycles. The van der Waals surface area contributed by atoms with Crippen LogP contribution >= 0.6 is 11.8 Å². The summed E-state index contributed by atoms with van der Waals surface area (Å²) in [6.07, 6.45) is 1.38. The van der Waals surface area contributed by atoms with Crippen LogP contribution < -0.4 is 10.1 Å². The first-order valence-electron chi connectivity index (χ1n) is 10.5. The molecule has 0 radical (unpaired) electrons. The Labute approximate surface area is 189 Å². The Morgan fingerprint density at radius 2 is 1.87 bits per heavy atom. The lowest BCUT2D eigenvalue weighted by Gasteiger charge is -2.31. The molecule has 1 atom stereocenters. The summed E-state index contributed by atoms with van der Waals surface area (Å²) in [6, 6.07) is 14.8. The molecule has 8 heteroatoms. The lowest BCUT2D eigenvalue weighted by molar-refractivity contribution is -0.125. The van der Waals surface area contributed by atoms with E-state index in [9.17, 15) is 13.2 Å². The zero-order valence-corrected chi connectivity index (χ0v) is 19.7. The molecule has 0 bridgehead atoms. The van der Waals surface area contributed by atoms with E-state index in [1.54, 1.807) is 43.1 Å². The fourth-order valence-corrected chi connectivity index (χ4v) is 5.88. The predicted molar refractivity (Wildman–Crippen MR) is 125 cm³/mol. The molecule has 168 valence electrons.